The zero-order valence-electron chi connectivity index (χ0n) is 13.5. The molecule has 1 aliphatic heterocycles. The first-order chi connectivity index (χ1) is 10.2. The molecule has 1 aromatic carbocycles. The van der Waals surface area contributed by atoms with Gasteiger partial charge in [0.05, 0.1) is 17.3 Å². The molecule has 1 aliphatic rings. The Bertz CT molecular complexity index is 670. The minimum atomic E-state index is -2.95. The molecule has 1 saturated heterocycles. The first-order valence-corrected chi connectivity index (χ1v) is 10.2. The van der Waals surface area contributed by atoms with E-state index in [9.17, 15) is 13.2 Å². The Hall–Kier alpha value is -1.01. The van der Waals surface area contributed by atoms with Gasteiger partial charge in [0.15, 0.2) is 9.84 Å². The van der Waals surface area contributed by atoms with Gasteiger partial charge in [-0.15, -0.1) is 11.8 Å². The van der Waals surface area contributed by atoms with Gasteiger partial charge in [0.25, 0.3) is 0 Å². The Morgan fingerprint density at radius 3 is 2.32 bits per heavy atom. The van der Waals surface area contributed by atoms with Crippen molar-refractivity contribution in [1.82, 2.24) is 5.32 Å². The number of hydrogen-bond acceptors (Lipinski definition) is 4. The van der Waals surface area contributed by atoms with Gasteiger partial charge in [0, 0.05) is 10.9 Å². The van der Waals surface area contributed by atoms with Gasteiger partial charge in [-0.25, -0.2) is 8.42 Å². The van der Waals surface area contributed by atoms with E-state index in [1.807, 2.05) is 0 Å². The van der Waals surface area contributed by atoms with Crippen LogP contribution in [-0.4, -0.2) is 37.6 Å². The third-order valence-corrected chi connectivity index (χ3v) is 7.32. The summed E-state index contributed by atoms with van der Waals surface area (Å²) in [6.45, 7) is 8.31. The molecule has 0 aromatic heterocycles. The van der Waals surface area contributed by atoms with E-state index in [2.05, 4.69) is 39.1 Å². The molecule has 0 spiro atoms. The molecule has 1 heterocycles. The number of nitrogens with one attached hydrogen (secondary N) is 1. The second-order valence-corrected chi connectivity index (χ2v) is 9.26. The van der Waals surface area contributed by atoms with Crippen LogP contribution in [0.3, 0.4) is 0 Å². The van der Waals surface area contributed by atoms with E-state index in [1.54, 1.807) is 0 Å². The quantitative estimate of drug-likeness (QED) is 0.854. The molecule has 1 amide bonds. The minimum Gasteiger partial charge on any atom is -0.352 e. The number of thioether (sulfide) groups is 1. The summed E-state index contributed by atoms with van der Waals surface area (Å²) in [5.41, 5.74) is 4.88. The highest BCUT2D eigenvalue weighted by atomic mass is 32.2. The molecule has 4 nitrogen and oxygen atoms in total. The SMILES string of the molecule is Cc1cc(C)c(C)c(SCC(=O)N[C@H]2CCS(=O)(=O)C2)c1C. The smallest absolute Gasteiger partial charge is 0.230 e. The standard InChI is InChI=1S/C16H23NO3S2/c1-10-7-11(2)13(4)16(12(10)3)21-8-15(18)17-14-5-6-22(19,20)9-14/h7,14H,5-6,8-9H2,1-4H3,(H,17,18)/t14-/m0/s1. The van der Waals surface area contributed by atoms with Crippen LogP contribution in [0.4, 0.5) is 0 Å². The van der Waals surface area contributed by atoms with Crippen molar-refractivity contribution in [3.05, 3.63) is 28.3 Å². The number of aryl methyl sites for hydroxylation is 2. The molecule has 1 N–H and O–H groups in total. The van der Waals surface area contributed by atoms with Crippen LogP contribution in [0, 0.1) is 27.7 Å². The molecule has 1 atom stereocenters. The van der Waals surface area contributed by atoms with Gasteiger partial charge in [0.1, 0.15) is 0 Å². The van der Waals surface area contributed by atoms with Crippen LogP contribution >= 0.6 is 11.8 Å². The zero-order chi connectivity index (χ0) is 16.5. The van der Waals surface area contributed by atoms with Crippen molar-refractivity contribution >= 4 is 27.5 Å². The van der Waals surface area contributed by atoms with Crippen molar-refractivity contribution in [2.45, 2.75) is 45.1 Å². The number of amides is 1. The molecule has 0 aliphatic carbocycles. The minimum absolute atomic E-state index is 0.0744. The van der Waals surface area contributed by atoms with Crippen LogP contribution in [0.25, 0.3) is 0 Å². The van der Waals surface area contributed by atoms with Gasteiger partial charge < -0.3 is 5.32 Å². The Morgan fingerprint density at radius 2 is 1.82 bits per heavy atom. The van der Waals surface area contributed by atoms with Crippen LogP contribution in [0.1, 0.15) is 28.7 Å². The highest BCUT2D eigenvalue weighted by Crippen LogP contribution is 2.30. The van der Waals surface area contributed by atoms with Gasteiger partial charge in [-0.2, -0.15) is 0 Å². The Balaban J connectivity index is 1.98. The number of carbonyl (C=O) groups excluding carboxylic acids is 1. The molecule has 2 rings (SSSR count). The molecule has 122 valence electrons. The van der Waals surface area contributed by atoms with E-state index in [1.165, 1.54) is 34.0 Å². The summed E-state index contributed by atoms with van der Waals surface area (Å²) in [6.07, 6.45) is 0.528. The maximum atomic E-state index is 12.0. The third kappa shape index (κ3) is 4.04. The summed E-state index contributed by atoms with van der Waals surface area (Å²) in [6, 6.07) is 1.94. The maximum absolute atomic E-state index is 12.0. The number of carbonyl (C=O) groups is 1. The highest BCUT2D eigenvalue weighted by Gasteiger charge is 2.28. The lowest BCUT2D eigenvalue weighted by Gasteiger charge is -2.15. The van der Waals surface area contributed by atoms with Crippen LogP contribution in [0.2, 0.25) is 0 Å². The summed E-state index contributed by atoms with van der Waals surface area (Å²) >= 11 is 1.53. The fourth-order valence-electron chi connectivity index (χ4n) is 2.71. The largest absolute Gasteiger partial charge is 0.352 e. The van der Waals surface area contributed by atoms with Crippen molar-refractivity contribution < 1.29 is 13.2 Å². The third-order valence-electron chi connectivity index (χ3n) is 4.24. The first kappa shape index (κ1) is 17.3. The molecule has 0 radical (unpaired) electrons. The van der Waals surface area contributed by atoms with Crippen molar-refractivity contribution in [2.24, 2.45) is 0 Å². The second-order valence-electron chi connectivity index (χ2n) is 6.05. The second kappa shape index (κ2) is 6.62. The Kier molecular flexibility index (Phi) is 5.22. The molecule has 1 fully saturated rings. The van der Waals surface area contributed by atoms with E-state index < -0.39 is 9.84 Å². The number of benzene rings is 1. The lowest BCUT2D eigenvalue weighted by atomic mass is 10.0. The van der Waals surface area contributed by atoms with Crippen LogP contribution < -0.4 is 5.32 Å². The summed E-state index contributed by atoms with van der Waals surface area (Å²) < 4.78 is 22.8. The Labute approximate surface area is 137 Å². The predicted molar refractivity (Wildman–Crippen MR) is 91.3 cm³/mol. The van der Waals surface area contributed by atoms with Gasteiger partial charge in [-0.1, -0.05) is 6.07 Å². The molecule has 22 heavy (non-hydrogen) atoms. The number of sulfone groups is 1. The average Bonchev–Trinajstić information content (AvgIpc) is 2.75. The van der Waals surface area contributed by atoms with E-state index in [0.717, 1.165) is 4.90 Å². The molecule has 0 saturated carbocycles. The predicted octanol–water partition coefficient (Wildman–Crippen LogP) is 2.32. The van der Waals surface area contributed by atoms with Crippen LogP contribution in [-0.2, 0) is 14.6 Å². The molecule has 0 bridgehead atoms. The van der Waals surface area contributed by atoms with Crippen LogP contribution in [0.5, 0.6) is 0 Å². The monoisotopic (exact) mass is 341 g/mol. The molecular formula is C16H23NO3S2. The van der Waals surface area contributed by atoms with Gasteiger partial charge in [0.2, 0.25) is 5.91 Å². The van der Waals surface area contributed by atoms with E-state index >= 15 is 0 Å². The topological polar surface area (TPSA) is 63.2 Å². The fourth-order valence-corrected chi connectivity index (χ4v) is 5.50. The number of hydrogen-bond donors (Lipinski definition) is 1. The van der Waals surface area contributed by atoms with Crippen molar-refractivity contribution in [3.63, 3.8) is 0 Å². The Morgan fingerprint density at radius 1 is 1.23 bits per heavy atom. The molecule has 0 unspecified atom stereocenters. The number of rotatable bonds is 4. The molecule has 1 aromatic rings. The van der Waals surface area contributed by atoms with Crippen molar-refractivity contribution in [3.8, 4) is 0 Å². The zero-order valence-corrected chi connectivity index (χ0v) is 15.2. The molecular weight excluding hydrogens is 318 g/mol. The normalized spacial score (nSPS) is 20.1. The highest BCUT2D eigenvalue weighted by molar-refractivity contribution is 8.00. The van der Waals surface area contributed by atoms with Crippen molar-refractivity contribution in [1.29, 1.82) is 0 Å². The average molecular weight is 341 g/mol. The van der Waals surface area contributed by atoms with Crippen LogP contribution in [0.15, 0.2) is 11.0 Å². The van der Waals surface area contributed by atoms with E-state index in [-0.39, 0.29) is 23.5 Å². The van der Waals surface area contributed by atoms with Gasteiger partial charge in [-0.3, -0.25) is 4.79 Å². The van der Waals surface area contributed by atoms with Gasteiger partial charge in [-0.05, 0) is 56.4 Å². The summed E-state index contributed by atoms with van der Waals surface area (Å²) in [7, 11) is -2.95. The molecule has 6 heteroatoms. The summed E-state index contributed by atoms with van der Waals surface area (Å²) in [5.74, 6) is 0.483. The van der Waals surface area contributed by atoms with Gasteiger partial charge >= 0.3 is 0 Å². The van der Waals surface area contributed by atoms with E-state index in [4.69, 9.17) is 0 Å². The van der Waals surface area contributed by atoms with E-state index in [0.29, 0.717) is 12.2 Å². The summed E-state index contributed by atoms with van der Waals surface area (Å²) in [4.78, 5) is 13.2. The maximum Gasteiger partial charge on any atom is 0.230 e. The summed E-state index contributed by atoms with van der Waals surface area (Å²) in [5, 5.41) is 2.83. The first-order valence-electron chi connectivity index (χ1n) is 7.39. The lowest BCUT2D eigenvalue weighted by molar-refractivity contribution is -0.119. The van der Waals surface area contributed by atoms with Crippen molar-refractivity contribution in [2.75, 3.05) is 17.3 Å². The lowest BCUT2D eigenvalue weighted by Crippen LogP contribution is -2.36. The fraction of sp³-hybridized carbons (Fsp3) is 0.562.